The summed E-state index contributed by atoms with van der Waals surface area (Å²) in [4.78, 5) is 4.00. The Morgan fingerprint density at radius 3 is 2.59 bits per heavy atom. The van der Waals surface area contributed by atoms with Crippen molar-refractivity contribution in [2.24, 2.45) is 0 Å². The molecular formula is C14H15ClN2. The van der Waals surface area contributed by atoms with Crippen molar-refractivity contribution in [3.05, 3.63) is 59.9 Å². The van der Waals surface area contributed by atoms with Gasteiger partial charge in [0.05, 0.1) is 5.38 Å². The van der Waals surface area contributed by atoms with Crippen LogP contribution < -0.4 is 5.32 Å². The number of pyridine rings is 1. The van der Waals surface area contributed by atoms with Crippen molar-refractivity contribution in [1.82, 2.24) is 4.98 Å². The topological polar surface area (TPSA) is 24.9 Å². The van der Waals surface area contributed by atoms with Crippen LogP contribution in [0.4, 0.5) is 5.69 Å². The first-order valence-corrected chi connectivity index (χ1v) is 6.07. The summed E-state index contributed by atoms with van der Waals surface area (Å²) in [5.41, 5.74) is 3.42. The van der Waals surface area contributed by atoms with Gasteiger partial charge in [0.1, 0.15) is 0 Å². The van der Waals surface area contributed by atoms with Gasteiger partial charge in [-0.2, -0.15) is 0 Å². The summed E-state index contributed by atoms with van der Waals surface area (Å²) in [5, 5.41) is 3.41. The molecule has 2 rings (SSSR count). The van der Waals surface area contributed by atoms with E-state index >= 15 is 0 Å². The minimum absolute atomic E-state index is 0.0103. The molecule has 1 aromatic carbocycles. The molecule has 88 valence electrons. The number of aromatic nitrogens is 1. The Morgan fingerprint density at radius 1 is 1.18 bits per heavy atom. The van der Waals surface area contributed by atoms with E-state index in [1.165, 1.54) is 5.56 Å². The van der Waals surface area contributed by atoms with Crippen LogP contribution in [0.2, 0.25) is 0 Å². The Labute approximate surface area is 107 Å². The highest BCUT2D eigenvalue weighted by atomic mass is 35.5. The van der Waals surface area contributed by atoms with E-state index in [2.05, 4.69) is 16.4 Å². The number of nitrogens with zero attached hydrogens (tertiary/aromatic N) is 1. The number of hydrogen-bond donors (Lipinski definition) is 1. The molecule has 1 aromatic heterocycles. The molecule has 2 aromatic rings. The number of benzene rings is 1. The lowest BCUT2D eigenvalue weighted by molar-refractivity contribution is 1.06. The molecule has 0 aliphatic rings. The van der Waals surface area contributed by atoms with Crippen LogP contribution in [-0.2, 0) is 6.54 Å². The van der Waals surface area contributed by atoms with E-state index < -0.39 is 0 Å². The lowest BCUT2D eigenvalue weighted by Crippen LogP contribution is -2.02. The van der Waals surface area contributed by atoms with Crippen LogP contribution in [0, 0.1) is 0 Å². The third-order valence-electron chi connectivity index (χ3n) is 2.62. The second-order valence-electron chi connectivity index (χ2n) is 3.91. The van der Waals surface area contributed by atoms with Crippen LogP contribution in [0.15, 0.2) is 48.8 Å². The number of anilines is 1. The summed E-state index contributed by atoms with van der Waals surface area (Å²) < 4.78 is 0. The molecule has 0 radical (unpaired) electrons. The first kappa shape index (κ1) is 11.9. The summed E-state index contributed by atoms with van der Waals surface area (Å²) in [6, 6.07) is 12.1. The fourth-order valence-corrected chi connectivity index (χ4v) is 1.89. The number of hydrogen-bond acceptors (Lipinski definition) is 2. The third kappa shape index (κ3) is 3.21. The van der Waals surface area contributed by atoms with Gasteiger partial charge in [-0.25, -0.2) is 0 Å². The second-order valence-corrected chi connectivity index (χ2v) is 4.57. The second kappa shape index (κ2) is 5.69. The fraction of sp³-hybridized carbons (Fsp3) is 0.214. The van der Waals surface area contributed by atoms with Crippen molar-refractivity contribution in [1.29, 1.82) is 0 Å². The first-order chi connectivity index (χ1) is 8.27. The summed E-state index contributed by atoms with van der Waals surface area (Å²) in [6.07, 6.45) is 3.60. The summed E-state index contributed by atoms with van der Waals surface area (Å²) in [7, 11) is 0. The number of rotatable bonds is 4. The van der Waals surface area contributed by atoms with E-state index in [1.54, 1.807) is 12.4 Å². The van der Waals surface area contributed by atoms with E-state index in [0.29, 0.717) is 0 Å². The molecule has 17 heavy (non-hydrogen) atoms. The maximum absolute atomic E-state index is 6.14. The van der Waals surface area contributed by atoms with E-state index in [0.717, 1.165) is 17.8 Å². The average Bonchev–Trinajstić information content (AvgIpc) is 2.38. The highest BCUT2D eigenvalue weighted by Crippen LogP contribution is 2.27. The zero-order valence-corrected chi connectivity index (χ0v) is 10.5. The molecule has 1 N–H and O–H groups in total. The molecule has 0 aliphatic carbocycles. The quantitative estimate of drug-likeness (QED) is 0.825. The van der Waals surface area contributed by atoms with Gasteiger partial charge in [0.2, 0.25) is 0 Å². The van der Waals surface area contributed by atoms with Gasteiger partial charge in [0.25, 0.3) is 0 Å². The molecule has 1 atom stereocenters. The van der Waals surface area contributed by atoms with E-state index in [4.69, 9.17) is 11.6 Å². The molecule has 2 nitrogen and oxygen atoms in total. The van der Waals surface area contributed by atoms with Gasteiger partial charge < -0.3 is 5.32 Å². The Bertz CT molecular complexity index is 469. The van der Waals surface area contributed by atoms with Crippen molar-refractivity contribution in [3.63, 3.8) is 0 Å². The standard InChI is InChI=1S/C14H15ClN2/c1-11(15)13-4-2-3-5-14(13)17-10-12-6-8-16-9-7-12/h2-9,11,17H,10H2,1H3. The minimum atomic E-state index is 0.0103. The molecule has 0 spiro atoms. The zero-order chi connectivity index (χ0) is 12.1. The molecule has 0 aliphatic heterocycles. The van der Waals surface area contributed by atoms with Gasteiger partial charge in [0, 0.05) is 24.6 Å². The van der Waals surface area contributed by atoms with Gasteiger partial charge >= 0.3 is 0 Å². The predicted octanol–water partition coefficient (Wildman–Crippen LogP) is 3.99. The zero-order valence-electron chi connectivity index (χ0n) is 9.73. The number of nitrogens with one attached hydrogen (secondary N) is 1. The van der Waals surface area contributed by atoms with Crippen molar-refractivity contribution in [2.45, 2.75) is 18.8 Å². The van der Waals surface area contributed by atoms with E-state index in [-0.39, 0.29) is 5.38 Å². The molecule has 0 saturated heterocycles. The average molecular weight is 247 g/mol. The highest BCUT2D eigenvalue weighted by molar-refractivity contribution is 6.21. The first-order valence-electron chi connectivity index (χ1n) is 5.63. The Balaban J connectivity index is 2.09. The van der Waals surface area contributed by atoms with Crippen molar-refractivity contribution >= 4 is 17.3 Å². The van der Waals surface area contributed by atoms with Gasteiger partial charge in [-0.05, 0) is 36.2 Å². The molecule has 0 bridgehead atoms. The van der Waals surface area contributed by atoms with Gasteiger partial charge in [0.15, 0.2) is 0 Å². The number of halogens is 1. The number of alkyl halides is 1. The maximum atomic E-state index is 6.14. The third-order valence-corrected chi connectivity index (χ3v) is 2.86. The summed E-state index contributed by atoms with van der Waals surface area (Å²) in [5.74, 6) is 0. The Morgan fingerprint density at radius 2 is 1.88 bits per heavy atom. The van der Waals surface area contributed by atoms with E-state index in [1.807, 2.05) is 37.3 Å². The lowest BCUT2D eigenvalue weighted by atomic mass is 10.1. The molecule has 1 heterocycles. The largest absolute Gasteiger partial charge is 0.381 e. The summed E-state index contributed by atoms with van der Waals surface area (Å²) >= 11 is 6.14. The monoisotopic (exact) mass is 246 g/mol. The smallest absolute Gasteiger partial charge is 0.0577 e. The molecule has 0 saturated carbocycles. The van der Waals surface area contributed by atoms with Crippen molar-refractivity contribution in [2.75, 3.05) is 5.32 Å². The Kier molecular flexibility index (Phi) is 3.99. The highest BCUT2D eigenvalue weighted by Gasteiger charge is 2.06. The van der Waals surface area contributed by atoms with Crippen LogP contribution >= 0.6 is 11.6 Å². The van der Waals surface area contributed by atoms with Crippen LogP contribution in [0.5, 0.6) is 0 Å². The van der Waals surface area contributed by atoms with Crippen LogP contribution in [0.25, 0.3) is 0 Å². The molecule has 1 unspecified atom stereocenters. The summed E-state index contributed by atoms with van der Waals surface area (Å²) in [6.45, 7) is 2.76. The van der Waals surface area contributed by atoms with Crippen LogP contribution in [0.1, 0.15) is 23.4 Å². The molecular weight excluding hydrogens is 232 g/mol. The van der Waals surface area contributed by atoms with Crippen molar-refractivity contribution < 1.29 is 0 Å². The number of para-hydroxylation sites is 1. The maximum Gasteiger partial charge on any atom is 0.0577 e. The van der Waals surface area contributed by atoms with Crippen LogP contribution in [-0.4, -0.2) is 4.98 Å². The fourth-order valence-electron chi connectivity index (χ4n) is 1.70. The molecule has 3 heteroatoms. The predicted molar refractivity (Wildman–Crippen MR) is 72.3 cm³/mol. The minimum Gasteiger partial charge on any atom is -0.381 e. The van der Waals surface area contributed by atoms with Crippen LogP contribution in [0.3, 0.4) is 0 Å². The van der Waals surface area contributed by atoms with Gasteiger partial charge in [-0.3, -0.25) is 4.98 Å². The normalized spacial score (nSPS) is 12.1. The molecule has 0 amide bonds. The van der Waals surface area contributed by atoms with Crippen molar-refractivity contribution in [3.8, 4) is 0 Å². The SMILES string of the molecule is CC(Cl)c1ccccc1NCc1ccncc1. The lowest BCUT2D eigenvalue weighted by Gasteiger charge is -2.13. The van der Waals surface area contributed by atoms with Gasteiger partial charge in [-0.15, -0.1) is 11.6 Å². The van der Waals surface area contributed by atoms with E-state index in [9.17, 15) is 0 Å². The molecule has 0 fully saturated rings. The Hall–Kier alpha value is -1.54. The van der Waals surface area contributed by atoms with Gasteiger partial charge in [-0.1, -0.05) is 18.2 Å².